The molecule has 1 aliphatic heterocycles. The largest absolute Gasteiger partial charge is 0.492 e. The van der Waals surface area contributed by atoms with Gasteiger partial charge in [-0.15, -0.1) is 0 Å². The number of halogens is 1. The lowest BCUT2D eigenvalue weighted by atomic mass is 10.1. The van der Waals surface area contributed by atoms with E-state index in [1.165, 1.54) is 18.2 Å². The first-order valence-electron chi connectivity index (χ1n) is 5.68. The molecule has 0 spiro atoms. The molecule has 5 nitrogen and oxygen atoms in total. The molecule has 0 aliphatic carbocycles. The minimum Gasteiger partial charge on any atom is -0.492 e. The maximum atomic E-state index is 13.1. The van der Waals surface area contributed by atoms with Crippen LogP contribution in [0.5, 0.6) is 5.75 Å². The van der Waals surface area contributed by atoms with Crippen molar-refractivity contribution in [3.63, 3.8) is 0 Å². The van der Waals surface area contributed by atoms with Crippen molar-refractivity contribution in [2.24, 2.45) is 16.8 Å². The van der Waals surface area contributed by atoms with Crippen molar-refractivity contribution < 1.29 is 19.1 Å². The molecule has 0 aromatic heterocycles. The molecule has 1 aromatic carbocycles. The van der Waals surface area contributed by atoms with Gasteiger partial charge in [0.25, 0.3) is 0 Å². The van der Waals surface area contributed by atoms with Crippen LogP contribution in [0.15, 0.2) is 23.4 Å². The predicted molar refractivity (Wildman–Crippen MR) is 63.3 cm³/mol. The molecular weight excluding hydrogens is 239 g/mol. The number of amidine groups is 1. The highest BCUT2D eigenvalue weighted by Gasteiger charge is 2.17. The molecule has 1 unspecified atom stereocenters. The smallest absolute Gasteiger partial charge is 0.173 e. The Labute approximate surface area is 104 Å². The molecule has 0 radical (unpaired) electrons. The molecule has 1 aromatic rings. The number of hydrogen-bond donors (Lipinski definition) is 2. The molecule has 1 fully saturated rings. The number of benzene rings is 1. The average Bonchev–Trinajstić information content (AvgIpc) is 2.89. The Morgan fingerprint density at radius 2 is 2.44 bits per heavy atom. The normalized spacial score (nSPS) is 20.1. The monoisotopic (exact) mass is 254 g/mol. The van der Waals surface area contributed by atoms with Crippen LogP contribution in [0, 0.1) is 11.7 Å². The number of rotatable bonds is 4. The van der Waals surface area contributed by atoms with Gasteiger partial charge in [-0.25, -0.2) is 4.39 Å². The highest BCUT2D eigenvalue weighted by molar-refractivity contribution is 5.99. The highest BCUT2D eigenvalue weighted by atomic mass is 19.1. The summed E-state index contributed by atoms with van der Waals surface area (Å²) in [6, 6.07) is 3.92. The number of oxime groups is 1. The number of nitrogens with two attached hydrogens (primary N) is 1. The zero-order valence-corrected chi connectivity index (χ0v) is 9.80. The van der Waals surface area contributed by atoms with Gasteiger partial charge in [0, 0.05) is 12.5 Å². The average molecular weight is 254 g/mol. The van der Waals surface area contributed by atoms with Crippen LogP contribution in [-0.4, -0.2) is 30.9 Å². The topological polar surface area (TPSA) is 77.1 Å². The summed E-state index contributed by atoms with van der Waals surface area (Å²) in [6.07, 6.45) is 0.945. The van der Waals surface area contributed by atoms with Crippen molar-refractivity contribution in [3.8, 4) is 5.75 Å². The zero-order valence-electron chi connectivity index (χ0n) is 9.80. The van der Waals surface area contributed by atoms with E-state index in [2.05, 4.69) is 5.16 Å². The SMILES string of the molecule is N/C(=N/O)c1cc(F)ccc1OCC1CCOC1. The fourth-order valence-corrected chi connectivity index (χ4v) is 1.80. The molecular formula is C12H15FN2O3. The van der Waals surface area contributed by atoms with Gasteiger partial charge in [-0.3, -0.25) is 0 Å². The van der Waals surface area contributed by atoms with E-state index in [-0.39, 0.29) is 11.4 Å². The Kier molecular flexibility index (Phi) is 3.99. The van der Waals surface area contributed by atoms with Crippen LogP contribution >= 0.6 is 0 Å². The zero-order chi connectivity index (χ0) is 13.0. The molecule has 18 heavy (non-hydrogen) atoms. The molecule has 1 saturated heterocycles. The van der Waals surface area contributed by atoms with Crippen molar-refractivity contribution in [2.75, 3.05) is 19.8 Å². The maximum Gasteiger partial charge on any atom is 0.173 e. The van der Waals surface area contributed by atoms with Gasteiger partial charge in [-0.1, -0.05) is 5.16 Å². The van der Waals surface area contributed by atoms with Crippen LogP contribution in [0.2, 0.25) is 0 Å². The van der Waals surface area contributed by atoms with E-state index in [9.17, 15) is 4.39 Å². The Hall–Kier alpha value is -1.82. The molecule has 2 rings (SSSR count). The van der Waals surface area contributed by atoms with Gasteiger partial charge in [0.05, 0.1) is 18.8 Å². The summed E-state index contributed by atoms with van der Waals surface area (Å²) in [5, 5.41) is 11.5. The molecule has 1 atom stereocenters. The summed E-state index contributed by atoms with van der Waals surface area (Å²) in [5.41, 5.74) is 5.72. The van der Waals surface area contributed by atoms with Crippen LogP contribution in [0.25, 0.3) is 0 Å². The van der Waals surface area contributed by atoms with E-state index >= 15 is 0 Å². The first-order valence-corrected chi connectivity index (χ1v) is 5.68. The summed E-state index contributed by atoms with van der Waals surface area (Å²) in [7, 11) is 0. The van der Waals surface area contributed by atoms with Crippen LogP contribution < -0.4 is 10.5 Å². The van der Waals surface area contributed by atoms with Gasteiger partial charge < -0.3 is 20.4 Å². The van der Waals surface area contributed by atoms with E-state index < -0.39 is 5.82 Å². The molecule has 98 valence electrons. The van der Waals surface area contributed by atoms with Crippen LogP contribution in [0.4, 0.5) is 4.39 Å². The van der Waals surface area contributed by atoms with Gasteiger partial charge >= 0.3 is 0 Å². The highest BCUT2D eigenvalue weighted by Crippen LogP contribution is 2.22. The third kappa shape index (κ3) is 2.89. The third-order valence-corrected chi connectivity index (χ3v) is 2.82. The molecule has 1 aliphatic rings. The summed E-state index contributed by atoms with van der Waals surface area (Å²) in [5.74, 6) is 0.0918. The molecule has 1 heterocycles. The van der Waals surface area contributed by atoms with Crippen molar-refractivity contribution >= 4 is 5.84 Å². The van der Waals surface area contributed by atoms with Crippen LogP contribution in [-0.2, 0) is 4.74 Å². The Balaban J connectivity index is 2.10. The standard InChI is InChI=1S/C12H15FN2O3/c13-9-1-2-11(10(5-9)12(14)15-16)18-7-8-3-4-17-6-8/h1-2,5,8,16H,3-4,6-7H2,(H2,14,15). The molecule has 3 N–H and O–H groups in total. The van der Waals surface area contributed by atoms with Gasteiger partial charge in [0.2, 0.25) is 0 Å². The van der Waals surface area contributed by atoms with E-state index in [1.807, 2.05) is 0 Å². The number of hydrogen-bond acceptors (Lipinski definition) is 4. The molecule has 0 bridgehead atoms. The summed E-state index contributed by atoms with van der Waals surface area (Å²) < 4.78 is 23.9. The minimum absolute atomic E-state index is 0.174. The van der Waals surface area contributed by atoms with Gasteiger partial charge in [-0.2, -0.15) is 0 Å². The second kappa shape index (κ2) is 5.68. The quantitative estimate of drug-likeness (QED) is 0.368. The van der Waals surface area contributed by atoms with E-state index in [0.29, 0.717) is 24.9 Å². The van der Waals surface area contributed by atoms with Gasteiger partial charge in [0.1, 0.15) is 11.6 Å². The summed E-state index contributed by atoms with van der Waals surface area (Å²) >= 11 is 0. The Morgan fingerprint density at radius 3 is 3.11 bits per heavy atom. The van der Waals surface area contributed by atoms with E-state index in [4.69, 9.17) is 20.4 Å². The molecule has 0 saturated carbocycles. The predicted octanol–water partition coefficient (Wildman–Crippen LogP) is 1.34. The van der Waals surface area contributed by atoms with E-state index in [1.54, 1.807) is 0 Å². The molecule has 6 heteroatoms. The lowest BCUT2D eigenvalue weighted by molar-refractivity contribution is 0.167. The van der Waals surface area contributed by atoms with Crippen molar-refractivity contribution in [2.45, 2.75) is 6.42 Å². The first-order chi connectivity index (χ1) is 8.70. The maximum absolute atomic E-state index is 13.1. The summed E-state index contributed by atoms with van der Waals surface area (Å²) in [4.78, 5) is 0. The van der Waals surface area contributed by atoms with Crippen molar-refractivity contribution in [1.82, 2.24) is 0 Å². The number of ether oxygens (including phenoxy) is 2. The first kappa shape index (κ1) is 12.6. The van der Waals surface area contributed by atoms with Crippen LogP contribution in [0.1, 0.15) is 12.0 Å². The fraction of sp³-hybridized carbons (Fsp3) is 0.417. The van der Waals surface area contributed by atoms with Crippen LogP contribution in [0.3, 0.4) is 0 Å². The van der Waals surface area contributed by atoms with Crippen molar-refractivity contribution in [1.29, 1.82) is 0 Å². The van der Waals surface area contributed by atoms with Crippen molar-refractivity contribution in [3.05, 3.63) is 29.6 Å². The fourth-order valence-electron chi connectivity index (χ4n) is 1.80. The Bertz CT molecular complexity index is 445. The van der Waals surface area contributed by atoms with E-state index in [0.717, 1.165) is 13.0 Å². The van der Waals surface area contributed by atoms with Gasteiger partial charge in [0.15, 0.2) is 5.84 Å². The second-order valence-electron chi connectivity index (χ2n) is 4.17. The minimum atomic E-state index is -0.465. The third-order valence-electron chi connectivity index (χ3n) is 2.82. The van der Waals surface area contributed by atoms with Gasteiger partial charge in [-0.05, 0) is 24.6 Å². The Morgan fingerprint density at radius 1 is 1.61 bits per heavy atom. The second-order valence-corrected chi connectivity index (χ2v) is 4.17. The lowest BCUT2D eigenvalue weighted by Crippen LogP contribution is -2.17. The molecule has 0 amide bonds. The summed E-state index contributed by atoms with van der Waals surface area (Å²) in [6.45, 7) is 1.88. The lowest BCUT2D eigenvalue weighted by Gasteiger charge is -2.13. The number of nitrogens with zero attached hydrogens (tertiary/aromatic N) is 1.